The van der Waals surface area contributed by atoms with E-state index < -0.39 is 0 Å². The molecule has 0 saturated carbocycles. The number of unbranched alkanes of at least 4 members (excludes halogenated alkanes) is 1. The Morgan fingerprint density at radius 1 is 1.31 bits per heavy atom. The minimum atomic E-state index is -0.107. The first-order valence-corrected chi connectivity index (χ1v) is 6.30. The minimum absolute atomic E-state index is 0.107. The molecule has 0 radical (unpaired) electrons. The van der Waals surface area contributed by atoms with Crippen molar-refractivity contribution in [2.75, 3.05) is 0 Å². The van der Waals surface area contributed by atoms with Gasteiger partial charge in [-0.25, -0.2) is 0 Å². The average molecular weight is 216 g/mol. The summed E-state index contributed by atoms with van der Waals surface area (Å²) in [7, 11) is 0. The lowest BCUT2D eigenvalue weighted by Crippen LogP contribution is -2.33. The highest BCUT2D eigenvalue weighted by atomic mass is 16.1. The van der Waals surface area contributed by atoms with Crippen LogP contribution in [0.3, 0.4) is 0 Å². The van der Waals surface area contributed by atoms with Gasteiger partial charge < -0.3 is 0 Å². The van der Waals surface area contributed by atoms with E-state index in [4.69, 9.17) is 0 Å². The maximum Gasteiger partial charge on any atom is 0.169 e. The van der Waals surface area contributed by atoms with Crippen LogP contribution < -0.4 is 0 Å². The second kappa shape index (κ2) is 4.40. The van der Waals surface area contributed by atoms with Gasteiger partial charge in [0.25, 0.3) is 0 Å². The summed E-state index contributed by atoms with van der Waals surface area (Å²) < 4.78 is 0. The van der Waals surface area contributed by atoms with Crippen molar-refractivity contribution in [3.63, 3.8) is 0 Å². The molecule has 1 nitrogen and oxygen atoms in total. The van der Waals surface area contributed by atoms with Gasteiger partial charge in [0.15, 0.2) is 5.78 Å². The van der Waals surface area contributed by atoms with Gasteiger partial charge in [-0.3, -0.25) is 4.79 Å². The first kappa shape index (κ1) is 11.4. The number of benzene rings is 1. The molecule has 1 atom stereocenters. The van der Waals surface area contributed by atoms with E-state index in [9.17, 15) is 4.79 Å². The van der Waals surface area contributed by atoms with E-state index in [-0.39, 0.29) is 5.41 Å². The Morgan fingerprint density at radius 3 is 2.81 bits per heavy atom. The number of hydrogen-bond acceptors (Lipinski definition) is 1. The predicted octanol–water partition coefficient (Wildman–Crippen LogP) is 4.01. The largest absolute Gasteiger partial charge is 0.294 e. The number of carbonyl (C=O) groups is 1. The van der Waals surface area contributed by atoms with Crippen molar-refractivity contribution in [2.45, 2.75) is 46.0 Å². The second-order valence-corrected chi connectivity index (χ2v) is 5.15. The smallest absolute Gasteiger partial charge is 0.169 e. The van der Waals surface area contributed by atoms with Crippen LogP contribution in [0.4, 0.5) is 0 Å². The summed E-state index contributed by atoms with van der Waals surface area (Å²) in [5.74, 6) is 0.364. The first-order chi connectivity index (χ1) is 7.67. The zero-order chi connectivity index (χ0) is 11.6. The van der Waals surface area contributed by atoms with Crippen molar-refractivity contribution < 1.29 is 4.79 Å². The summed E-state index contributed by atoms with van der Waals surface area (Å²) in [6, 6.07) is 8.08. The highest BCUT2D eigenvalue weighted by molar-refractivity contribution is 6.02. The summed E-state index contributed by atoms with van der Waals surface area (Å²) in [4.78, 5) is 12.4. The molecular formula is C15H20O. The van der Waals surface area contributed by atoms with Crippen molar-refractivity contribution in [3.8, 4) is 0 Å². The van der Waals surface area contributed by atoms with Crippen LogP contribution in [-0.2, 0) is 6.42 Å². The molecule has 0 N–H and O–H groups in total. The Hall–Kier alpha value is -1.11. The van der Waals surface area contributed by atoms with Crippen LogP contribution in [0.25, 0.3) is 0 Å². The van der Waals surface area contributed by atoms with Gasteiger partial charge in [0, 0.05) is 11.0 Å². The number of carbonyl (C=O) groups excluding carboxylic acids is 1. The average Bonchev–Trinajstić information content (AvgIpc) is 2.32. The molecule has 2 rings (SSSR count). The Balaban J connectivity index is 2.27. The molecule has 86 valence electrons. The lowest BCUT2D eigenvalue weighted by molar-refractivity contribution is 0.0766. The lowest BCUT2D eigenvalue weighted by Gasteiger charge is -2.33. The zero-order valence-electron chi connectivity index (χ0n) is 10.3. The molecule has 1 aromatic carbocycles. The normalized spacial score (nSPS) is 24.2. The van der Waals surface area contributed by atoms with Gasteiger partial charge in [0.1, 0.15) is 0 Å². The first-order valence-electron chi connectivity index (χ1n) is 6.30. The monoisotopic (exact) mass is 216 g/mol. The van der Waals surface area contributed by atoms with E-state index in [2.05, 4.69) is 19.9 Å². The number of ketones is 1. The van der Waals surface area contributed by atoms with Gasteiger partial charge in [-0.2, -0.15) is 0 Å². The number of hydrogen-bond donors (Lipinski definition) is 0. The van der Waals surface area contributed by atoms with Crippen molar-refractivity contribution in [1.82, 2.24) is 0 Å². The fourth-order valence-electron chi connectivity index (χ4n) is 2.61. The maximum absolute atomic E-state index is 12.4. The molecule has 0 spiro atoms. The van der Waals surface area contributed by atoms with E-state index in [0.717, 1.165) is 31.2 Å². The molecule has 1 aliphatic rings. The van der Waals surface area contributed by atoms with Crippen LogP contribution in [0.5, 0.6) is 0 Å². The van der Waals surface area contributed by atoms with Crippen LogP contribution in [-0.4, -0.2) is 5.78 Å². The fraction of sp³-hybridized carbons (Fsp3) is 0.533. The van der Waals surface area contributed by atoms with Crippen LogP contribution in [0.1, 0.15) is 55.5 Å². The maximum atomic E-state index is 12.4. The summed E-state index contributed by atoms with van der Waals surface area (Å²) in [6.07, 6.45) is 5.44. The molecule has 1 aromatic rings. The Labute approximate surface area is 97.9 Å². The zero-order valence-corrected chi connectivity index (χ0v) is 10.3. The SMILES string of the molecule is CCCC[C@@]1(C)CCc2ccccc2C1=O. The molecule has 16 heavy (non-hydrogen) atoms. The molecule has 0 saturated heterocycles. The van der Waals surface area contributed by atoms with Gasteiger partial charge in [-0.05, 0) is 24.8 Å². The molecule has 0 bridgehead atoms. The fourth-order valence-corrected chi connectivity index (χ4v) is 2.61. The summed E-state index contributed by atoms with van der Waals surface area (Å²) in [6.45, 7) is 4.32. The number of rotatable bonds is 3. The van der Waals surface area contributed by atoms with Crippen LogP contribution in [0, 0.1) is 5.41 Å². The van der Waals surface area contributed by atoms with Crippen LogP contribution in [0.15, 0.2) is 24.3 Å². The molecule has 0 fully saturated rings. The molecule has 1 aliphatic carbocycles. The van der Waals surface area contributed by atoms with E-state index in [0.29, 0.717) is 5.78 Å². The highest BCUT2D eigenvalue weighted by Gasteiger charge is 2.37. The molecule has 1 heteroatoms. The van der Waals surface area contributed by atoms with Crippen molar-refractivity contribution >= 4 is 5.78 Å². The van der Waals surface area contributed by atoms with Crippen molar-refractivity contribution in [1.29, 1.82) is 0 Å². The summed E-state index contributed by atoms with van der Waals surface area (Å²) >= 11 is 0. The van der Waals surface area contributed by atoms with Gasteiger partial charge in [0.05, 0.1) is 0 Å². The Bertz CT molecular complexity index is 394. The Morgan fingerprint density at radius 2 is 2.06 bits per heavy atom. The number of aryl methyl sites for hydroxylation is 1. The standard InChI is InChI=1S/C15H20O/c1-3-4-10-15(2)11-9-12-7-5-6-8-13(12)14(15)16/h5-8H,3-4,9-11H2,1-2H3/t15-/m0/s1. The molecule has 0 aromatic heterocycles. The molecule has 0 unspecified atom stereocenters. The predicted molar refractivity (Wildman–Crippen MR) is 66.7 cm³/mol. The highest BCUT2D eigenvalue weighted by Crippen LogP contribution is 2.38. The van der Waals surface area contributed by atoms with Gasteiger partial charge in [-0.15, -0.1) is 0 Å². The third-order valence-electron chi connectivity index (χ3n) is 3.84. The Kier molecular flexibility index (Phi) is 3.13. The van der Waals surface area contributed by atoms with Crippen molar-refractivity contribution in [2.24, 2.45) is 5.41 Å². The van der Waals surface area contributed by atoms with Gasteiger partial charge in [0.2, 0.25) is 0 Å². The van der Waals surface area contributed by atoms with E-state index in [1.54, 1.807) is 0 Å². The molecular weight excluding hydrogens is 196 g/mol. The molecule has 0 aliphatic heterocycles. The third-order valence-corrected chi connectivity index (χ3v) is 3.84. The quantitative estimate of drug-likeness (QED) is 0.746. The lowest BCUT2D eigenvalue weighted by atomic mass is 9.69. The van der Waals surface area contributed by atoms with E-state index in [1.807, 2.05) is 18.2 Å². The second-order valence-electron chi connectivity index (χ2n) is 5.15. The number of fused-ring (bicyclic) bond motifs is 1. The molecule has 0 heterocycles. The van der Waals surface area contributed by atoms with Gasteiger partial charge >= 0.3 is 0 Å². The minimum Gasteiger partial charge on any atom is -0.294 e. The van der Waals surface area contributed by atoms with E-state index in [1.165, 1.54) is 12.0 Å². The topological polar surface area (TPSA) is 17.1 Å². The van der Waals surface area contributed by atoms with Gasteiger partial charge in [-0.1, -0.05) is 51.0 Å². The summed E-state index contributed by atoms with van der Waals surface area (Å²) in [5.41, 5.74) is 2.10. The van der Waals surface area contributed by atoms with E-state index >= 15 is 0 Å². The molecule has 0 amide bonds. The third kappa shape index (κ3) is 1.91. The summed E-state index contributed by atoms with van der Waals surface area (Å²) in [5, 5.41) is 0. The van der Waals surface area contributed by atoms with Crippen LogP contribution >= 0.6 is 0 Å². The van der Waals surface area contributed by atoms with Crippen LogP contribution in [0.2, 0.25) is 0 Å². The van der Waals surface area contributed by atoms with Crippen molar-refractivity contribution in [3.05, 3.63) is 35.4 Å². The number of Topliss-reactive ketones (excluding diaryl/α,β-unsaturated/α-hetero) is 1.